The van der Waals surface area contributed by atoms with Crippen LogP contribution in [0.1, 0.15) is 56.7 Å². The number of benzene rings is 1. The molecule has 0 amide bonds. The topological polar surface area (TPSA) is 63.0 Å². The summed E-state index contributed by atoms with van der Waals surface area (Å²) in [6, 6.07) is 9.07. The number of allylic oxidation sites excluding steroid dienone is 5. The van der Waals surface area contributed by atoms with Crippen molar-refractivity contribution in [2.24, 2.45) is 23.2 Å². The normalized spacial score (nSPS) is 35.6. The number of aliphatic hydroxyl groups excluding tert-OH is 1. The van der Waals surface area contributed by atoms with Gasteiger partial charge in [-0.3, -0.25) is 0 Å². The molecule has 0 saturated heterocycles. The van der Waals surface area contributed by atoms with Gasteiger partial charge in [0.15, 0.2) is 5.13 Å². The molecule has 1 aliphatic heterocycles. The Bertz CT molecular complexity index is 1300. The van der Waals surface area contributed by atoms with Crippen molar-refractivity contribution in [1.29, 1.82) is 0 Å². The molecule has 4 bridgehead atoms. The van der Waals surface area contributed by atoms with Crippen molar-refractivity contribution in [3.63, 3.8) is 0 Å². The Hall–Kier alpha value is -2.70. The first-order valence-corrected chi connectivity index (χ1v) is 14.2. The summed E-state index contributed by atoms with van der Waals surface area (Å²) in [4.78, 5) is 9.30. The number of rotatable bonds is 5. The first-order chi connectivity index (χ1) is 17.6. The Labute approximate surface area is 216 Å². The number of nitrogens with zero attached hydrogens (tertiary/aromatic N) is 3. The van der Waals surface area contributed by atoms with Gasteiger partial charge in [0.2, 0.25) is 0 Å². The maximum atomic E-state index is 11.9. The van der Waals surface area contributed by atoms with E-state index < -0.39 is 0 Å². The van der Waals surface area contributed by atoms with Gasteiger partial charge in [-0.25, -0.2) is 9.97 Å². The van der Waals surface area contributed by atoms with Gasteiger partial charge in [-0.05, 0) is 85.8 Å². The monoisotopic (exact) mass is 498 g/mol. The standard InChI is InChI=1S/C30H34N4OS/c1-19-7-3-2-4-8-23(34-18-31-17-25(19)34)13-27(35)30-14-20-11-21(15-30)28(22(12-20)16-30)33-29-32-24-9-5-6-10-26(24)36-29/h2-7,9-10,17-18,20-23,27-28,35H,1,8,11-16H2,(H,32,33)/b4-2-,7-3-/t20?,21?,22?,23-,27+,28?,30?/m0/s1. The maximum Gasteiger partial charge on any atom is 0.184 e. The van der Waals surface area contributed by atoms with Crippen LogP contribution in [0.3, 0.4) is 0 Å². The highest BCUT2D eigenvalue weighted by molar-refractivity contribution is 7.22. The van der Waals surface area contributed by atoms with Gasteiger partial charge in [0, 0.05) is 12.1 Å². The smallest absolute Gasteiger partial charge is 0.184 e. The molecule has 0 spiro atoms. The number of thiazole rings is 1. The third-order valence-corrected chi connectivity index (χ3v) is 10.4. The molecule has 4 aliphatic carbocycles. The highest BCUT2D eigenvalue weighted by Crippen LogP contribution is 2.62. The number of hydrogen-bond donors (Lipinski definition) is 2. The fourth-order valence-electron chi connectivity index (χ4n) is 8.05. The number of imidazole rings is 1. The van der Waals surface area contributed by atoms with E-state index in [1.54, 1.807) is 11.3 Å². The molecular weight excluding hydrogens is 464 g/mol. The first-order valence-electron chi connectivity index (χ1n) is 13.4. The fourth-order valence-corrected chi connectivity index (χ4v) is 8.97. The molecule has 4 saturated carbocycles. The predicted octanol–water partition coefficient (Wildman–Crippen LogP) is 6.62. The Morgan fingerprint density at radius 3 is 2.83 bits per heavy atom. The molecule has 4 atom stereocenters. The average Bonchev–Trinajstić information content (AvgIpc) is 3.52. The van der Waals surface area contributed by atoms with Gasteiger partial charge in [-0.2, -0.15) is 0 Å². The molecule has 36 heavy (non-hydrogen) atoms. The van der Waals surface area contributed by atoms with Crippen molar-refractivity contribution in [2.45, 2.75) is 63.1 Å². The lowest BCUT2D eigenvalue weighted by Crippen LogP contribution is -2.59. The van der Waals surface area contributed by atoms with E-state index in [0.717, 1.165) is 53.5 Å². The molecule has 1 aromatic carbocycles. The lowest BCUT2D eigenvalue weighted by atomic mass is 9.46. The van der Waals surface area contributed by atoms with Gasteiger partial charge in [-0.1, -0.05) is 54.4 Å². The molecule has 3 heterocycles. The molecule has 6 heteroatoms. The Morgan fingerprint density at radius 2 is 2.00 bits per heavy atom. The highest BCUT2D eigenvalue weighted by atomic mass is 32.1. The molecule has 5 aliphatic rings. The van der Waals surface area contributed by atoms with E-state index in [9.17, 15) is 5.11 Å². The van der Waals surface area contributed by atoms with E-state index in [1.807, 2.05) is 18.6 Å². The summed E-state index contributed by atoms with van der Waals surface area (Å²) in [6.45, 7) is 4.24. The van der Waals surface area contributed by atoms with E-state index in [-0.39, 0.29) is 17.6 Å². The van der Waals surface area contributed by atoms with Gasteiger partial charge in [0.05, 0.1) is 34.5 Å². The van der Waals surface area contributed by atoms with Gasteiger partial charge < -0.3 is 15.0 Å². The van der Waals surface area contributed by atoms with Crippen molar-refractivity contribution in [3.8, 4) is 0 Å². The van der Waals surface area contributed by atoms with E-state index >= 15 is 0 Å². The van der Waals surface area contributed by atoms with E-state index in [4.69, 9.17) is 4.98 Å². The third-order valence-electron chi connectivity index (χ3n) is 9.45. The fraction of sp³-hybridized carbons (Fsp3) is 0.467. The van der Waals surface area contributed by atoms with Crippen LogP contribution in [0.15, 0.2) is 67.7 Å². The number of aliphatic hydroxyl groups is 1. The van der Waals surface area contributed by atoms with Gasteiger partial charge >= 0.3 is 0 Å². The van der Waals surface area contributed by atoms with Crippen LogP contribution in [0.5, 0.6) is 0 Å². The van der Waals surface area contributed by atoms with E-state index in [1.165, 1.54) is 24.0 Å². The summed E-state index contributed by atoms with van der Waals surface area (Å²) >= 11 is 1.77. The molecule has 2 N–H and O–H groups in total. The molecule has 8 rings (SSSR count). The van der Waals surface area contributed by atoms with Crippen LogP contribution in [-0.2, 0) is 0 Å². The van der Waals surface area contributed by atoms with Gasteiger partial charge in [0.1, 0.15) is 0 Å². The predicted molar refractivity (Wildman–Crippen MR) is 147 cm³/mol. The SMILES string of the molecule is C=C1/C=C\C=C/C[C@@H](C[C@@H](O)C23CC4CC(C2)C(Nc2nc5ccccc5s2)C(C4)C3)n2cncc21. The summed E-state index contributed by atoms with van der Waals surface area (Å²) in [5.74, 6) is 1.98. The third kappa shape index (κ3) is 3.77. The summed E-state index contributed by atoms with van der Waals surface area (Å²) in [5, 5.41) is 16.8. The molecule has 2 aromatic heterocycles. The highest BCUT2D eigenvalue weighted by Gasteiger charge is 2.58. The maximum absolute atomic E-state index is 11.9. The van der Waals surface area contributed by atoms with Crippen LogP contribution in [0, 0.1) is 23.2 Å². The molecule has 3 aromatic rings. The molecule has 4 fully saturated rings. The largest absolute Gasteiger partial charge is 0.392 e. The van der Waals surface area contributed by atoms with Crippen LogP contribution >= 0.6 is 11.3 Å². The van der Waals surface area contributed by atoms with Crippen molar-refractivity contribution in [3.05, 3.63) is 73.4 Å². The van der Waals surface area contributed by atoms with Crippen LogP contribution in [0.4, 0.5) is 5.13 Å². The Kier molecular flexibility index (Phi) is 5.44. The summed E-state index contributed by atoms with van der Waals surface area (Å²) in [7, 11) is 0. The minimum absolute atomic E-state index is 0.0421. The molecule has 2 unspecified atom stereocenters. The van der Waals surface area contributed by atoms with Crippen LogP contribution < -0.4 is 5.32 Å². The lowest BCUT2D eigenvalue weighted by Gasteiger charge is -2.61. The van der Waals surface area contributed by atoms with Crippen molar-refractivity contribution in [2.75, 3.05) is 5.32 Å². The molecular formula is C30H34N4OS. The van der Waals surface area contributed by atoms with Gasteiger partial charge in [0.25, 0.3) is 0 Å². The van der Waals surface area contributed by atoms with Crippen molar-refractivity contribution in [1.82, 2.24) is 14.5 Å². The summed E-state index contributed by atoms with van der Waals surface area (Å²) in [5.41, 5.74) is 3.15. The van der Waals surface area contributed by atoms with Crippen LogP contribution in [-0.4, -0.2) is 31.8 Å². The number of hydrogen-bond acceptors (Lipinski definition) is 5. The van der Waals surface area contributed by atoms with Gasteiger partial charge in [-0.15, -0.1) is 0 Å². The minimum atomic E-state index is -0.301. The zero-order valence-corrected chi connectivity index (χ0v) is 21.4. The summed E-state index contributed by atoms with van der Waals surface area (Å²) in [6.07, 6.45) is 19.6. The van der Waals surface area contributed by atoms with Crippen LogP contribution in [0.2, 0.25) is 0 Å². The zero-order valence-electron chi connectivity index (χ0n) is 20.6. The average molecular weight is 499 g/mol. The lowest BCUT2D eigenvalue weighted by molar-refractivity contribution is -0.130. The minimum Gasteiger partial charge on any atom is -0.392 e. The van der Waals surface area contributed by atoms with E-state index in [2.05, 4.69) is 63.9 Å². The second-order valence-electron chi connectivity index (χ2n) is 11.6. The second-order valence-corrected chi connectivity index (χ2v) is 12.7. The quantitative estimate of drug-likeness (QED) is 0.415. The van der Waals surface area contributed by atoms with Crippen LogP contribution in [0.25, 0.3) is 15.8 Å². The first kappa shape index (κ1) is 22.5. The molecule has 0 radical (unpaired) electrons. The Balaban J connectivity index is 1.11. The zero-order chi connectivity index (χ0) is 24.3. The number of para-hydroxylation sites is 1. The van der Waals surface area contributed by atoms with E-state index in [0.29, 0.717) is 17.9 Å². The number of fused-ring (bicyclic) bond motifs is 2. The number of aromatic nitrogens is 3. The number of anilines is 1. The summed E-state index contributed by atoms with van der Waals surface area (Å²) < 4.78 is 3.49. The molecule has 186 valence electrons. The number of nitrogens with one attached hydrogen (secondary N) is 1. The van der Waals surface area contributed by atoms with Crippen molar-refractivity contribution < 1.29 is 5.11 Å². The molecule has 5 nitrogen and oxygen atoms in total. The Morgan fingerprint density at radius 1 is 1.17 bits per heavy atom. The van der Waals surface area contributed by atoms with Crippen molar-refractivity contribution >= 4 is 32.3 Å². The second kappa shape index (κ2) is 8.70.